The molecule has 0 amide bonds. The predicted octanol–water partition coefficient (Wildman–Crippen LogP) is 1.78. The molecular formula is C12H16O4. The van der Waals surface area contributed by atoms with Crippen molar-refractivity contribution in [2.75, 3.05) is 13.2 Å². The third-order valence-electron chi connectivity index (χ3n) is 1.73. The van der Waals surface area contributed by atoms with E-state index in [1.165, 1.54) is 0 Å². The van der Waals surface area contributed by atoms with Gasteiger partial charge in [-0.15, -0.1) is 0 Å². The zero-order valence-electron chi connectivity index (χ0n) is 9.24. The van der Waals surface area contributed by atoms with Gasteiger partial charge in [0.2, 0.25) is 0 Å². The normalized spacial score (nSPS) is 9.00. The van der Waals surface area contributed by atoms with Crippen LogP contribution in [0, 0.1) is 0 Å². The van der Waals surface area contributed by atoms with Gasteiger partial charge in [-0.1, -0.05) is 25.3 Å². The SMILES string of the molecule is C=CC(=O)OCCC(=C)CCOC(=O)C=C. The lowest BCUT2D eigenvalue weighted by Gasteiger charge is -2.06. The summed E-state index contributed by atoms with van der Waals surface area (Å²) in [7, 11) is 0. The molecule has 4 nitrogen and oxygen atoms in total. The minimum atomic E-state index is -0.453. The molecule has 0 unspecified atom stereocenters. The van der Waals surface area contributed by atoms with E-state index in [1.807, 2.05) is 0 Å². The summed E-state index contributed by atoms with van der Waals surface area (Å²) in [5, 5.41) is 0. The van der Waals surface area contributed by atoms with E-state index in [9.17, 15) is 9.59 Å². The molecule has 0 aliphatic rings. The van der Waals surface area contributed by atoms with Crippen molar-refractivity contribution in [3.05, 3.63) is 37.5 Å². The number of esters is 2. The van der Waals surface area contributed by atoms with Gasteiger partial charge in [-0.25, -0.2) is 9.59 Å². The van der Waals surface area contributed by atoms with Crippen molar-refractivity contribution in [1.29, 1.82) is 0 Å². The summed E-state index contributed by atoms with van der Waals surface area (Å²) < 4.78 is 9.54. The minimum absolute atomic E-state index is 0.263. The summed E-state index contributed by atoms with van der Waals surface area (Å²) in [6, 6.07) is 0. The lowest BCUT2D eigenvalue weighted by molar-refractivity contribution is -0.138. The van der Waals surface area contributed by atoms with Crippen molar-refractivity contribution in [1.82, 2.24) is 0 Å². The number of hydrogen-bond donors (Lipinski definition) is 0. The van der Waals surface area contributed by atoms with Crippen molar-refractivity contribution in [3.8, 4) is 0 Å². The molecule has 0 fully saturated rings. The Morgan fingerprint density at radius 2 is 1.31 bits per heavy atom. The van der Waals surface area contributed by atoms with Gasteiger partial charge in [0, 0.05) is 25.0 Å². The number of hydrogen-bond acceptors (Lipinski definition) is 4. The molecule has 0 aromatic carbocycles. The third kappa shape index (κ3) is 7.55. The second-order valence-electron chi connectivity index (χ2n) is 2.99. The highest BCUT2D eigenvalue weighted by atomic mass is 16.5. The highest BCUT2D eigenvalue weighted by molar-refractivity contribution is 5.81. The molecule has 0 atom stereocenters. The average Bonchev–Trinajstić information content (AvgIpc) is 2.28. The van der Waals surface area contributed by atoms with Gasteiger partial charge in [0.25, 0.3) is 0 Å². The van der Waals surface area contributed by atoms with Crippen LogP contribution in [0.15, 0.2) is 37.5 Å². The number of ether oxygens (including phenoxy) is 2. The summed E-state index contributed by atoms with van der Waals surface area (Å²) in [5.74, 6) is -0.906. The lowest BCUT2D eigenvalue weighted by Crippen LogP contribution is -2.05. The van der Waals surface area contributed by atoms with Crippen molar-refractivity contribution >= 4 is 11.9 Å². The Bertz CT molecular complexity index is 263. The van der Waals surface area contributed by atoms with E-state index in [1.54, 1.807) is 0 Å². The molecule has 0 spiro atoms. The number of rotatable bonds is 8. The van der Waals surface area contributed by atoms with E-state index in [4.69, 9.17) is 9.47 Å². The van der Waals surface area contributed by atoms with Crippen LogP contribution in [0.5, 0.6) is 0 Å². The molecule has 0 aromatic rings. The molecule has 0 saturated heterocycles. The number of carbonyl (C=O) groups excluding carboxylic acids is 2. The van der Waals surface area contributed by atoms with Gasteiger partial charge >= 0.3 is 11.9 Å². The summed E-state index contributed by atoms with van der Waals surface area (Å²) in [4.78, 5) is 21.4. The second-order valence-corrected chi connectivity index (χ2v) is 2.99. The monoisotopic (exact) mass is 224 g/mol. The molecule has 0 aromatic heterocycles. The van der Waals surface area contributed by atoms with E-state index in [0.717, 1.165) is 17.7 Å². The van der Waals surface area contributed by atoms with Crippen LogP contribution < -0.4 is 0 Å². The van der Waals surface area contributed by atoms with Crippen LogP contribution in [0.25, 0.3) is 0 Å². The molecule has 4 heteroatoms. The fourth-order valence-corrected chi connectivity index (χ4v) is 0.835. The summed E-state index contributed by atoms with van der Waals surface area (Å²) in [5.41, 5.74) is 0.855. The van der Waals surface area contributed by atoms with Crippen LogP contribution in [0.3, 0.4) is 0 Å². The van der Waals surface area contributed by atoms with Crippen molar-refractivity contribution in [3.63, 3.8) is 0 Å². The first-order valence-corrected chi connectivity index (χ1v) is 4.85. The highest BCUT2D eigenvalue weighted by Gasteiger charge is 2.00. The fourth-order valence-electron chi connectivity index (χ4n) is 0.835. The first kappa shape index (κ1) is 14.2. The maximum absolute atomic E-state index is 10.7. The van der Waals surface area contributed by atoms with Gasteiger partial charge in [0.15, 0.2) is 0 Å². The zero-order valence-corrected chi connectivity index (χ0v) is 9.24. The molecule has 0 heterocycles. The topological polar surface area (TPSA) is 52.6 Å². The Kier molecular flexibility index (Phi) is 7.49. The Balaban J connectivity index is 3.52. The van der Waals surface area contributed by atoms with Gasteiger partial charge in [-0.2, -0.15) is 0 Å². The molecule has 16 heavy (non-hydrogen) atoms. The fraction of sp³-hybridized carbons (Fsp3) is 0.333. The van der Waals surface area contributed by atoms with Crippen LogP contribution in [0.2, 0.25) is 0 Å². The van der Waals surface area contributed by atoms with Crippen molar-refractivity contribution < 1.29 is 19.1 Å². The highest BCUT2D eigenvalue weighted by Crippen LogP contribution is 2.04. The smallest absolute Gasteiger partial charge is 0.330 e. The molecule has 0 saturated carbocycles. The predicted molar refractivity (Wildman–Crippen MR) is 60.7 cm³/mol. The van der Waals surface area contributed by atoms with Gasteiger partial charge in [-0.3, -0.25) is 0 Å². The van der Waals surface area contributed by atoms with Crippen LogP contribution in [0.4, 0.5) is 0 Å². The number of carbonyl (C=O) groups is 2. The van der Waals surface area contributed by atoms with Gasteiger partial charge in [0.05, 0.1) is 13.2 Å². The maximum atomic E-state index is 10.7. The molecule has 0 radical (unpaired) electrons. The van der Waals surface area contributed by atoms with Crippen LogP contribution >= 0.6 is 0 Å². The minimum Gasteiger partial charge on any atom is -0.462 e. The van der Waals surface area contributed by atoms with Gasteiger partial charge in [-0.05, 0) is 0 Å². The maximum Gasteiger partial charge on any atom is 0.330 e. The molecule has 0 rings (SSSR count). The molecule has 0 bridgehead atoms. The zero-order chi connectivity index (χ0) is 12.4. The standard InChI is InChI=1S/C12H16O4/c1-4-11(13)15-8-6-10(3)7-9-16-12(14)5-2/h4-5H,1-3,6-9H2. The Labute approximate surface area is 95.2 Å². The molecule has 0 aliphatic heterocycles. The van der Waals surface area contributed by atoms with Crippen LogP contribution in [0.1, 0.15) is 12.8 Å². The Morgan fingerprint density at radius 3 is 1.62 bits per heavy atom. The van der Waals surface area contributed by atoms with E-state index in [2.05, 4.69) is 19.7 Å². The van der Waals surface area contributed by atoms with Gasteiger partial charge < -0.3 is 9.47 Å². The molecular weight excluding hydrogens is 208 g/mol. The second kappa shape index (κ2) is 8.47. The summed E-state index contributed by atoms with van der Waals surface area (Å²) in [6.45, 7) is 10.8. The first-order valence-electron chi connectivity index (χ1n) is 4.85. The van der Waals surface area contributed by atoms with E-state index >= 15 is 0 Å². The molecule has 0 N–H and O–H groups in total. The third-order valence-corrected chi connectivity index (χ3v) is 1.73. The summed E-state index contributed by atoms with van der Waals surface area (Å²) in [6.07, 6.45) is 3.31. The largest absolute Gasteiger partial charge is 0.462 e. The molecule has 88 valence electrons. The lowest BCUT2D eigenvalue weighted by atomic mass is 10.2. The van der Waals surface area contributed by atoms with Crippen molar-refractivity contribution in [2.45, 2.75) is 12.8 Å². The Hall–Kier alpha value is -1.84. The van der Waals surface area contributed by atoms with Crippen LogP contribution in [-0.4, -0.2) is 25.2 Å². The Morgan fingerprint density at radius 1 is 0.938 bits per heavy atom. The van der Waals surface area contributed by atoms with Gasteiger partial charge in [0.1, 0.15) is 0 Å². The average molecular weight is 224 g/mol. The first-order chi connectivity index (χ1) is 7.60. The van der Waals surface area contributed by atoms with Crippen molar-refractivity contribution in [2.24, 2.45) is 0 Å². The summed E-state index contributed by atoms with van der Waals surface area (Å²) >= 11 is 0. The van der Waals surface area contributed by atoms with E-state index in [0.29, 0.717) is 12.8 Å². The van der Waals surface area contributed by atoms with E-state index in [-0.39, 0.29) is 13.2 Å². The van der Waals surface area contributed by atoms with Crippen LogP contribution in [-0.2, 0) is 19.1 Å². The molecule has 0 aliphatic carbocycles. The quantitative estimate of drug-likeness (QED) is 0.358. The van der Waals surface area contributed by atoms with E-state index < -0.39 is 11.9 Å².